The SMILES string of the molecule is CS(=O)(=O)c1ccc(NC(=O)c2ccccc2SCc2ccccc2F)cc1. The molecular formula is C21H18FNO3S2. The molecule has 0 saturated heterocycles. The topological polar surface area (TPSA) is 63.2 Å². The molecule has 144 valence electrons. The number of anilines is 1. The summed E-state index contributed by atoms with van der Waals surface area (Å²) in [6.07, 6.45) is 1.13. The molecule has 0 saturated carbocycles. The summed E-state index contributed by atoms with van der Waals surface area (Å²) in [7, 11) is -3.29. The third kappa shape index (κ3) is 4.99. The predicted octanol–water partition coefficient (Wildman–Crippen LogP) is 4.77. The van der Waals surface area contributed by atoms with Crippen LogP contribution in [0.15, 0.2) is 82.6 Å². The van der Waals surface area contributed by atoms with Crippen molar-refractivity contribution in [2.75, 3.05) is 11.6 Å². The van der Waals surface area contributed by atoms with E-state index in [1.54, 1.807) is 42.5 Å². The third-order valence-electron chi connectivity index (χ3n) is 4.01. The van der Waals surface area contributed by atoms with E-state index in [-0.39, 0.29) is 16.6 Å². The van der Waals surface area contributed by atoms with Gasteiger partial charge in [0.1, 0.15) is 5.82 Å². The molecule has 7 heteroatoms. The lowest BCUT2D eigenvalue weighted by atomic mass is 10.2. The molecule has 1 N–H and O–H groups in total. The monoisotopic (exact) mass is 415 g/mol. The zero-order valence-electron chi connectivity index (χ0n) is 15.1. The lowest BCUT2D eigenvalue weighted by Crippen LogP contribution is -2.13. The molecule has 0 unspecified atom stereocenters. The van der Waals surface area contributed by atoms with E-state index in [1.165, 1.54) is 30.0 Å². The van der Waals surface area contributed by atoms with E-state index in [0.717, 1.165) is 11.2 Å². The van der Waals surface area contributed by atoms with Crippen LogP contribution >= 0.6 is 11.8 Å². The standard InChI is InChI=1S/C21H18FNO3S2/c1-28(25,26)17-12-10-16(11-13-17)23-21(24)18-7-3-5-9-20(18)27-14-15-6-2-4-8-19(15)22/h2-13H,14H2,1H3,(H,23,24). The number of benzene rings is 3. The summed E-state index contributed by atoms with van der Waals surface area (Å²) in [6, 6.07) is 19.6. The van der Waals surface area contributed by atoms with Crippen molar-refractivity contribution in [3.8, 4) is 0 Å². The molecule has 0 bridgehead atoms. The molecule has 0 aliphatic heterocycles. The lowest BCUT2D eigenvalue weighted by Gasteiger charge is -2.11. The normalized spacial score (nSPS) is 11.2. The van der Waals surface area contributed by atoms with Crippen molar-refractivity contribution >= 4 is 33.2 Å². The number of rotatable bonds is 6. The fourth-order valence-electron chi connectivity index (χ4n) is 2.53. The van der Waals surface area contributed by atoms with E-state index >= 15 is 0 Å². The summed E-state index contributed by atoms with van der Waals surface area (Å²) in [4.78, 5) is 13.6. The van der Waals surface area contributed by atoms with Gasteiger partial charge in [-0.3, -0.25) is 4.79 Å². The number of hydrogen-bond acceptors (Lipinski definition) is 4. The van der Waals surface area contributed by atoms with Crippen LogP contribution in [0.25, 0.3) is 0 Å². The molecule has 3 aromatic carbocycles. The van der Waals surface area contributed by atoms with Gasteiger partial charge in [-0.05, 0) is 48.0 Å². The summed E-state index contributed by atoms with van der Waals surface area (Å²) >= 11 is 1.38. The van der Waals surface area contributed by atoms with E-state index in [4.69, 9.17) is 0 Å². The molecule has 0 aliphatic rings. The molecule has 0 radical (unpaired) electrons. The molecule has 3 aromatic rings. The molecule has 28 heavy (non-hydrogen) atoms. The number of amides is 1. The zero-order chi connectivity index (χ0) is 20.1. The minimum atomic E-state index is -3.29. The molecule has 3 rings (SSSR count). The highest BCUT2D eigenvalue weighted by molar-refractivity contribution is 7.98. The highest BCUT2D eigenvalue weighted by atomic mass is 32.2. The smallest absolute Gasteiger partial charge is 0.256 e. The Morgan fingerprint density at radius 1 is 0.964 bits per heavy atom. The van der Waals surface area contributed by atoms with Crippen LogP contribution in [-0.4, -0.2) is 20.6 Å². The Kier molecular flexibility index (Phi) is 6.16. The van der Waals surface area contributed by atoms with Gasteiger partial charge < -0.3 is 5.32 Å². The number of nitrogens with one attached hydrogen (secondary N) is 1. The first kappa shape index (κ1) is 20.1. The molecule has 0 fully saturated rings. The Labute approximate surface area is 167 Å². The number of carbonyl (C=O) groups excluding carboxylic acids is 1. The van der Waals surface area contributed by atoms with Crippen LogP contribution in [0.5, 0.6) is 0 Å². The second-order valence-electron chi connectivity index (χ2n) is 6.13. The van der Waals surface area contributed by atoms with Gasteiger partial charge in [0.2, 0.25) is 0 Å². The number of halogens is 1. The van der Waals surface area contributed by atoms with Gasteiger partial charge in [0.15, 0.2) is 9.84 Å². The molecular weight excluding hydrogens is 397 g/mol. The highest BCUT2D eigenvalue weighted by Crippen LogP contribution is 2.28. The number of hydrogen-bond donors (Lipinski definition) is 1. The van der Waals surface area contributed by atoms with Crippen LogP contribution < -0.4 is 5.32 Å². The van der Waals surface area contributed by atoms with Crippen molar-refractivity contribution in [2.24, 2.45) is 0 Å². The van der Waals surface area contributed by atoms with Crippen LogP contribution in [0, 0.1) is 5.82 Å². The summed E-state index contributed by atoms with van der Waals surface area (Å²) in [5.74, 6) is -0.188. The molecule has 0 spiro atoms. The van der Waals surface area contributed by atoms with Crippen LogP contribution in [0.2, 0.25) is 0 Å². The van der Waals surface area contributed by atoms with Crippen LogP contribution in [0.4, 0.5) is 10.1 Å². The quantitative estimate of drug-likeness (QED) is 0.589. The van der Waals surface area contributed by atoms with Gasteiger partial charge >= 0.3 is 0 Å². The summed E-state index contributed by atoms with van der Waals surface area (Å²) < 4.78 is 36.9. The van der Waals surface area contributed by atoms with Crippen molar-refractivity contribution in [3.05, 3.63) is 89.7 Å². The number of sulfone groups is 1. The van der Waals surface area contributed by atoms with E-state index in [9.17, 15) is 17.6 Å². The first-order valence-corrected chi connectivity index (χ1v) is 11.3. The number of carbonyl (C=O) groups is 1. The fraction of sp³-hybridized carbons (Fsp3) is 0.0952. The lowest BCUT2D eigenvalue weighted by molar-refractivity contribution is 0.102. The molecule has 0 aliphatic carbocycles. The van der Waals surface area contributed by atoms with Crippen LogP contribution in [-0.2, 0) is 15.6 Å². The van der Waals surface area contributed by atoms with E-state index in [1.807, 2.05) is 12.1 Å². The fourth-order valence-corrected chi connectivity index (χ4v) is 4.20. The Bertz CT molecular complexity index is 1100. The van der Waals surface area contributed by atoms with Crippen LogP contribution in [0.3, 0.4) is 0 Å². The van der Waals surface area contributed by atoms with Crippen LogP contribution in [0.1, 0.15) is 15.9 Å². The summed E-state index contributed by atoms with van der Waals surface area (Å²) in [6.45, 7) is 0. The molecule has 4 nitrogen and oxygen atoms in total. The third-order valence-corrected chi connectivity index (χ3v) is 6.26. The van der Waals surface area contributed by atoms with Gasteiger partial charge in [-0.15, -0.1) is 11.8 Å². The molecule has 0 aromatic heterocycles. The number of thioether (sulfide) groups is 1. The van der Waals surface area contributed by atoms with Crippen molar-refractivity contribution in [2.45, 2.75) is 15.5 Å². The molecule has 0 atom stereocenters. The Morgan fingerprint density at radius 2 is 1.61 bits per heavy atom. The second-order valence-corrected chi connectivity index (χ2v) is 9.16. The van der Waals surface area contributed by atoms with Gasteiger partial charge in [0.25, 0.3) is 5.91 Å². The van der Waals surface area contributed by atoms with E-state index in [2.05, 4.69) is 5.32 Å². The van der Waals surface area contributed by atoms with Crippen molar-refractivity contribution in [1.82, 2.24) is 0 Å². The molecule has 0 heterocycles. The Hall–Kier alpha value is -2.64. The zero-order valence-corrected chi connectivity index (χ0v) is 16.7. The van der Waals surface area contributed by atoms with Crippen molar-refractivity contribution < 1.29 is 17.6 Å². The van der Waals surface area contributed by atoms with Gasteiger partial charge in [-0.25, -0.2) is 12.8 Å². The first-order chi connectivity index (χ1) is 13.3. The average molecular weight is 416 g/mol. The highest BCUT2D eigenvalue weighted by Gasteiger charge is 2.13. The minimum Gasteiger partial charge on any atom is -0.322 e. The predicted molar refractivity (Wildman–Crippen MR) is 110 cm³/mol. The van der Waals surface area contributed by atoms with Gasteiger partial charge in [-0.2, -0.15) is 0 Å². The second kappa shape index (κ2) is 8.58. The summed E-state index contributed by atoms with van der Waals surface area (Å²) in [5, 5.41) is 2.77. The van der Waals surface area contributed by atoms with E-state index < -0.39 is 9.84 Å². The van der Waals surface area contributed by atoms with Crippen molar-refractivity contribution in [1.29, 1.82) is 0 Å². The maximum Gasteiger partial charge on any atom is 0.256 e. The minimum absolute atomic E-state index is 0.186. The Morgan fingerprint density at radius 3 is 2.29 bits per heavy atom. The maximum absolute atomic E-state index is 13.8. The first-order valence-electron chi connectivity index (χ1n) is 8.41. The average Bonchev–Trinajstić information content (AvgIpc) is 2.67. The van der Waals surface area contributed by atoms with E-state index in [0.29, 0.717) is 22.6 Å². The van der Waals surface area contributed by atoms with Gasteiger partial charge in [-0.1, -0.05) is 30.3 Å². The largest absolute Gasteiger partial charge is 0.322 e. The summed E-state index contributed by atoms with van der Waals surface area (Å²) in [5.41, 5.74) is 1.53. The van der Waals surface area contributed by atoms with Gasteiger partial charge in [0, 0.05) is 22.6 Å². The Balaban J connectivity index is 1.74. The maximum atomic E-state index is 13.8. The molecule has 1 amide bonds. The van der Waals surface area contributed by atoms with Gasteiger partial charge in [0.05, 0.1) is 10.5 Å². The van der Waals surface area contributed by atoms with Crippen molar-refractivity contribution in [3.63, 3.8) is 0 Å².